The van der Waals surface area contributed by atoms with E-state index in [2.05, 4.69) is 0 Å². The molecule has 0 spiro atoms. The van der Waals surface area contributed by atoms with Gasteiger partial charge in [0.2, 0.25) is 15.9 Å². The van der Waals surface area contributed by atoms with E-state index in [0.717, 1.165) is 12.0 Å². The van der Waals surface area contributed by atoms with Crippen LogP contribution < -0.4 is 0 Å². The summed E-state index contributed by atoms with van der Waals surface area (Å²) in [7, 11) is -3.45. The van der Waals surface area contributed by atoms with Crippen LogP contribution in [0.2, 0.25) is 0 Å². The summed E-state index contributed by atoms with van der Waals surface area (Å²) in [5, 5.41) is 0. The van der Waals surface area contributed by atoms with Gasteiger partial charge in [-0.1, -0.05) is 24.6 Å². The summed E-state index contributed by atoms with van der Waals surface area (Å²) in [5.41, 5.74) is 1.04. The van der Waals surface area contributed by atoms with Crippen molar-refractivity contribution in [2.24, 2.45) is 0 Å². The summed E-state index contributed by atoms with van der Waals surface area (Å²) < 4.78 is 27.0. The molecule has 0 aliphatic carbocycles. The first-order chi connectivity index (χ1) is 9.93. The lowest BCUT2D eigenvalue weighted by Crippen LogP contribution is -2.50. The summed E-state index contributed by atoms with van der Waals surface area (Å²) in [4.78, 5) is 14.0. The molecule has 2 fully saturated rings. The minimum Gasteiger partial charge on any atom is -0.337 e. The van der Waals surface area contributed by atoms with E-state index in [0.29, 0.717) is 24.4 Å². The first-order valence-electron chi connectivity index (χ1n) is 7.31. The highest BCUT2D eigenvalue weighted by Gasteiger charge is 2.49. The number of carbonyl (C=O) groups excluding carboxylic acids is 1. The Morgan fingerprint density at radius 3 is 2.38 bits per heavy atom. The van der Waals surface area contributed by atoms with Crippen molar-refractivity contribution in [3.63, 3.8) is 0 Å². The molecule has 0 N–H and O–H groups in total. The van der Waals surface area contributed by atoms with E-state index in [1.54, 1.807) is 16.4 Å². The van der Waals surface area contributed by atoms with E-state index in [-0.39, 0.29) is 18.0 Å². The molecule has 0 radical (unpaired) electrons. The topological polar surface area (TPSA) is 57.7 Å². The van der Waals surface area contributed by atoms with E-state index < -0.39 is 10.0 Å². The molecule has 2 aliphatic heterocycles. The highest BCUT2D eigenvalue weighted by atomic mass is 32.2. The molecular weight excluding hydrogens is 288 g/mol. The maximum atomic E-state index is 12.7. The van der Waals surface area contributed by atoms with Crippen molar-refractivity contribution in [2.45, 2.75) is 43.7 Å². The van der Waals surface area contributed by atoms with Crippen molar-refractivity contribution >= 4 is 15.9 Å². The van der Waals surface area contributed by atoms with E-state index in [4.69, 9.17) is 0 Å². The van der Waals surface area contributed by atoms with Gasteiger partial charge in [0.05, 0.1) is 4.90 Å². The third-order valence-electron chi connectivity index (χ3n) is 4.44. The van der Waals surface area contributed by atoms with Crippen molar-refractivity contribution in [3.8, 4) is 0 Å². The standard InChI is InChI=1S/C15H20N2O3S/c1-3-15(18)16-9-13-8-12(16)10-17(13)21(19,20)14-6-4-11(2)5-7-14/h4-7,12-13H,3,8-10H2,1-2H3/t12-,13-/m1/s1. The number of rotatable bonds is 3. The Bertz CT molecular complexity index is 654. The molecule has 1 amide bonds. The second kappa shape index (κ2) is 5.10. The van der Waals surface area contributed by atoms with Gasteiger partial charge < -0.3 is 4.90 Å². The number of amides is 1. The van der Waals surface area contributed by atoms with Crippen LogP contribution in [0.25, 0.3) is 0 Å². The van der Waals surface area contributed by atoms with Crippen molar-refractivity contribution in [1.82, 2.24) is 9.21 Å². The lowest BCUT2D eigenvalue weighted by Gasteiger charge is -2.33. The third-order valence-corrected chi connectivity index (χ3v) is 6.37. The first kappa shape index (κ1) is 14.5. The molecule has 0 saturated carbocycles. The van der Waals surface area contributed by atoms with Crippen LogP contribution in [0, 0.1) is 6.92 Å². The normalized spacial score (nSPS) is 25.5. The molecule has 3 rings (SSSR count). The lowest BCUT2D eigenvalue weighted by atomic mass is 10.2. The Morgan fingerprint density at radius 1 is 1.19 bits per heavy atom. The zero-order valence-electron chi connectivity index (χ0n) is 12.3. The smallest absolute Gasteiger partial charge is 0.243 e. The van der Waals surface area contributed by atoms with E-state index in [9.17, 15) is 13.2 Å². The minimum absolute atomic E-state index is 0.0441. The van der Waals surface area contributed by atoms with Crippen LogP contribution in [-0.4, -0.2) is 48.7 Å². The van der Waals surface area contributed by atoms with Gasteiger partial charge in [-0.15, -0.1) is 0 Å². The average molecular weight is 308 g/mol. The molecule has 0 aromatic heterocycles. The highest BCUT2D eigenvalue weighted by Crippen LogP contribution is 2.35. The van der Waals surface area contributed by atoms with E-state index in [1.165, 1.54) is 0 Å². The molecule has 6 heteroatoms. The molecule has 21 heavy (non-hydrogen) atoms. The van der Waals surface area contributed by atoms with Gasteiger partial charge in [0.15, 0.2) is 0 Å². The molecule has 2 aliphatic rings. The van der Waals surface area contributed by atoms with Gasteiger partial charge in [-0.05, 0) is 25.5 Å². The maximum Gasteiger partial charge on any atom is 0.243 e. The Kier molecular flexibility index (Phi) is 3.53. The van der Waals surface area contributed by atoms with E-state index in [1.807, 2.05) is 30.9 Å². The summed E-state index contributed by atoms with van der Waals surface area (Å²) in [6.07, 6.45) is 1.24. The summed E-state index contributed by atoms with van der Waals surface area (Å²) in [5.74, 6) is 0.120. The minimum atomic E-state index is -3.45. The quantitative estimate of drug-likeness (QED) is 0.847. The van der Waals surface area contributed by atoms with Crippen LogP contribution in [0.1, 0.15) is 25.3 Å². The van der Waals surface area contributed by atoms with Crippen LogP contribution in [0.15, 0.2) is 29.2 Å². The fourth-order valence-corrected chi connectivity index (χ4v) is 4.94. The predicted molar refractivity (Wildman–Crippen MR) is 79.3 cm³/mol. The fourth-order valence-electron chi connectivity index (χ4n) is 3.28. The Balaban J connectivity index is 1.81. The second-order valence-electron chi connectivity index (χ2n) is 5.83. The summed E-state index contributed by atoms with van der Waals surface area (Å²) in [6, 6.07) is 6.92. The van der Waals surface area contributed by atoms with Crippen LogP contribution in [0.4, 0.5) is 0 Å². The summed E-state index contributed by atoms with van der Waals surface area (Å²) in [6.45, 7) is 4.73. The molecule has 2 saturated heterocycles. The van der Waals surface area contributed by atoms with Crippen molar-refractivity contribution in [3.05, 3.63) is 29.8 Å². The number of hydrogen-bond acceptors (Lipinski definition) is 3. The number of likely N-dealkylation sites (tertiary alicyclic amines) is 1. The number of benzene rings is 1. The largest absolute Gasteiger partial charge is 0.337 e. The molecular formula is C15H20N2O3S. The lowest BCUT2D eigenvalue weighted by molar-refractivity contribution is -0.132. The van der Waals surface area contributed by atoms with Crippen molar-refractivity contribution < 1.29 is 13.2 Å². The molecule has 5 nitrogen and oxygen atoms in total. The number of nitrogens with zero attached hydrogens (tertiary/aromatic N) is 2. The number of aryl methyl sites for hydroxylation is 1. The van der Waals surface area contributed by atoms with Gasteiger partial charge in [0.1, 0.15) is 0 Å². The Morgan fingerprint density at radius 2 is 1.86 bits per heavy atom. The number of hydrogen-bond donors (Lipinski definition) is 0. The van der Waals surface area contributed by atoms with Gasteiger partial charge in [0, 0.05) is 31.6 Å². The van der Waals surface area contributed by atoms with Gasteiger partial charge in [0.25, 0.3) is 0 Å². The molecule has 2 heterocycles. The van der Waals surface area contributed by atoms with Gasteiger partial charge >= 0.3 is 0 Å². The second-order valence-corrected chi connectivity index (χ2v) is 7.72. The number of carbonyl (C=O) groups is 1. The summed E-state index contributed by atoms with van der Waals surface area (Å²) >= 11 is 0. The monoisotopic (exact) mass is 308 g/mol. The molecule has 2 atom stereocenters. The average Bonchev–Trinajstić information content (AvgIpc) is 3.07. The SMILES string of the molecule is CCC(=O)N1C[C@H]2C[C@@H]1CN2S(=O)(=O)c1ccc(C)cc1. The number of fused-ring (bicyclic) bond motifs is 2. The van der Waals surface area contributed by atoms with Gasteiger partial charge in [-0.25, -0.2) is 8.42 Å². The maximum absolute atomic E-state index is 12.7. The molecule has 2 bridgehead atoms. The van der Waals surface area contributed by atoms with Crippen LogP contribution in [0.3, 0.4) is 0 Å². The Labute approximate surface area is 125 Å². The zero-order chi connectivity index (χ0) is 15.2. The Hall–Kier alpha value is -1.40. The van der Waals surface area contributed by atoms with Crippen LogP contribution >= 0.6 is 0 Å². The molecule has 114 valence electrons. The molecule has 0 unspecified atom stereocenters. The van der Waals surface area contributed by atoms with Gasteiger partial charge in [-0.2, -0.15) is 4.31 Å². The van der Waals surface area contributed by atoms with Crippen molar-refractivity contribution in [2.75, 3.05) is 13.1 Å². The fraction of sp³-hybridized carbons (Fsp3) is 0.533. The van der Waals surface area contributed by atoms with Gasteiger partial charge in [-0.3, -0.25) is 4.79 Å². The zero-order valence-corrected chi connectivity index (χ0v) is 13.1. The predicted octanol–water partition coefficient (Wildman–Crippen LogP) is 1.38. The van der Waals surface area contributed by atoms with E-state index >= 15 is 0 Å². The van der Waals surface area contributed by atoms with Crippen LogP contribution in [0.5, 0.6) is 0 Å². The van der Waals surface area contributed by atoms with Crippen molar-refractivity contribution in [1.29, 1.82) is 0 Å². The number of piperazine rings is 1. The first-order valence-corrected chi connectivity index (χ1v) is 8.75. The molecule has 1 aromatic carbocycles. The third kappa shape index (κ3) is 2.36. The highest BCUT2D eigenvalue weighted by molar-refractivity contribution is 7.89. The molecule has 1 aromatic rings. The van der Waals surface area contributed by atoms with Crippen LogP contribution in [-0.2, 0) is 14.8 Å². The number of sulfonamides is 1.